The Morgan fingerprint density at radius 3 is 2.62 bits per heavy atom. The van der Waals surface area contributed by atoms with E-state index in [2.05, 4.69) is 54.2 Å². The van der Waals surface area contributed by atoms with Gasteiger partial charge in [0.15, 0.2) is 0 Å². The van der Waals surface area contributed by atoms with Crippen molar-refractivity contribution in [2.24, 2.45) is 7.05 Å². The zero-order valence-corrected chi connectivity index (χ0v) is 19.5. The molecule has 1 saturated heterocycles. The van der Waals surface area contributed by atoms with E-state index < -0.39 is 0 Å². The van der Waals surface area contributed by atoms with E-state index in [0.29, 0.717) is 17.1 Å². The monoisotopic (exact) mass is 457 g/mol. The number of rotatable bonds is 5. The van der Waals surface area contributed by atoms with Crippen LogP contribution in [-0.2, 0) is 7.05 Å². The van der Waals surface area contributed by atoms with Crippen LogP contribution in [-0.4, -0.2) is 73.0 Å². The maximum Gasteiger partial charge on any atom is 0.258 e. The number of hydrogen-bond donors (Lipinski definition) is 1. The molecule has 1 amide bonds. The van der Waals surface area contributed by atoms with Gasteiger partial charge in [-0.15, -0.1) is 5.10 Å². The highest BCUT2D eigenvalue weighted by atomic mass is 16.1. The number of carbonyl (C=O) groups excluding carboxylic acids is 1. The number of nitrogens with zero attached hydrogens (tertiary/aromatic N) is 8. The van der Waals surface area contributed by atoms with Crippen LogP contribution >= 0.6 is 0 Å². The van der Waals surface area contributed by atoms with Crippen molar-refractivity contribution in [3.63, 3.8) is 0 Å². The molecule has 0 unspecified atom stereocenters. The lowest BCUT2D eigenvalue weighted by atomic mass is 10.1. The van der Waals surface area contributed by atoms with E-state index in [1.165, 1.54) is 0 Å². The second kappa shape index (κ2) is 9.14. The van der Waals surface area contributed by atoms with Gasteiger partial charge in [0.25, 0.3) is 5.91 Å². The summed E-state index contributed by atoms with van der Waals surface area (Å²) in [5, 5.41) is 11.8. The van der Waals surface area contributed by atoms with Crippen LogP contribution in [0.25, 0.3) is 22.2 Å². The Hall–Kier alpha value is -3.92. The van der Waals surface area contributed by atoms with E-state index in [4.69, 9.17) is 0 Å². The van der Waals surface area contributed by atoms with Crippen LogP contribution in [0.5, 0.6) is 0 Å². The fourth-order valence-electron chi connectivity index (χ4n) is 4.10. The second-order valence-corrected chi connectivity index (χ2v) is 8.72. The Kier molecular flexibility index (Phi) is 5.89. The van der Waals surface area contributed by atoms with E-state index in [9.17, 15) is 4.79 Å². The first kappa shape index (κ1) is 21.9. The van der Waals surface area contributed by atoms with Crippen LogP contribution in [0.15, 0.2) is 48.9 Å². The predicted octanol–water partition coefficient (Wildman–Crippen LogP) is 2.60. The summed E-state index contributed by atoms with van der Waals surface area (Å²) in [6.45, 7) is 8.17. The second-order valence-electron chi connectivity index (χ2n) is 8.72. The van der Waals surface area contributed by atoms with Gasteiger partial charge in [-0.3, -0.25) is 19.7 Å². The van der Waals surface area contributed by atoms with Crippen LogP contribution in [0.4, 0.5) is 11.8 Å². The van der Waals surface area contributed by atoms with Crippen molar-refractivity contribution in [1.29, 1.82) is 0 Å². The molecule has 0 radical (unpaired) electrons. The molecule has 0 saturated carbocycles. The lowest BCUT2D eigenvalue weighted by molar-refractivity contribution is 0.102. The van der Waals surface area contributed by atoms with Crippen LogP contribution in [0, 0.1) is 0 Å². The molecule has 1 aliphatic rings. The molecule has 10 heteroatoms. The van der Waals surface area contributed by atoms with Crippen LogP contribution in [0.1, 0.15) is 24.2 Å². The summed E-state index contributed by atoms with van der Waals surface area (Å²) in [6, 6.07) is 9.86. The molecule has 0 bridgehead atoms. The standard InChI is InChI=1S/C24H27N9O/c1-16(2)32-8-10-33(11-9-32)22-13-18(6-7-25-22)23(34)28-24-26-14-19-5-4-17(12-20(19)27-24)21-15-31(3)30-29-21/h4-7,12-16H,8-11H2,1-3H3,(H,26,27,28,34). The smallest absolute Gasteiger partial charge is 0.258 e. The van der Waals surface area contributed by atoms with Gasteiger partial charge in [-0.05, 0) is 32.0 Å². The minimum Gasteiger partial charge on any atom is -0.354 e. The van der Waals surface area contributed by atoms with Crippen LogP contribution in [0.2, 0.25) is 0 Å². The number of carbonyl (C=O) groups is 1. The summed E-state index contributed by atoms with van der Waals surface area (Å²) in [7, 11) is 1.82. The fourth-order valence-corrected chi connectivity index (χ4v) is 4.10. The van der Waals surface area contributed by atoms with Gasteiger partial charge in [0.1, 0.15) is 11.5 Å². The third-order valence-corrected chi connectivity index (χ3v) is 6.08. The fraction of sp³-hybridized carbons (Fsp3) is 0.333. The largest absolute Gasteiger partial charge is 0.354 e. The average molecular weight is 458 g/mol. The Balaban J connectivity index is 1.32. The highest BCUT2D eigenvalue weighted by molar-refractivity contribution is 6.04. The molecular weight excluding hydrogens is 430 g/mol. The third kappa shape index (κ3) is 4.58. The van der Waals surface area contributed by atoms with E-state index in [-0.39, 0.29) is 11.9 Å². The van der Waals surface area contributed by atoms with Gasteiger partial charge in [0, 0.05) is 68.2 Å². The maximum atomic E-state index is 13.0. The predicted molar refractivity (Wildman–Crippen MR) is 131 cm³/mol. The van der Waals surface area contributed by atoms with Crippen molar-refractivity contribution in [3.8, 4) is 11.3 Å². The van der Waals surface area contributed by atoms with Gasteiger partial charge in [-0.25, -0.2) is 15.0 Å². The van der Waals surface area contributed by atoms with Gasteiger partial charge in [-0.2, -0.15) is 0 Å². The van der Waals surface area contributed by atoms with Crippen molar-refractivity contribution in [2.45, 2.75) is 19.9 Å². The Bertz CT molecular complexity index is 1330. The van der Waals surface area contributed by atoms with Crippen molar-refractivity contribution >= 4 is 28.6 Å². The van der Waals surface area contributed by atoms with Crippen LogP contribution < -0.4 is 10.2 Å². The SMILES string of the molecule is CC(C)N1CCN(c2cc(C(=O)Nc3ncc4ccc(-c5cn(C)nn5)cc4n3)ccn2)CC1. The van der Waals surface area contributed by atoms with Crippen molar-refractivity contribution in [3.05, 3.63) is 54.5 Å². The van der Waals surface area contributed by atoms with Crippen molar-refractivity contribution < 1.29 is 4.79 Å². The molecule has 34 heavy (non-hydrogen) atoms. The van der Waals surface area contributed by atoms with Gasteiger partial charge >= 0.3 is 0 Å². The summed E-state index contributed by atoms with van der Waals surface area (Å²) >= 11 is 0. The molecule has 174 valence electrons. The molecule has 4 aromatic rings. The average Bonchev–Trinajstić information content (AvgIpc) is 3.30. The highest BCUT2D eigenvalue weighted by Gasteiger charge is 2.20. The quantitative estimate of drug-likeness (QED) is 0.488. The number of amides is 1. The Morgan fingerprint density at radius 1 is 1.06 bits per heavy atom. The minimum atomic E-state index is -0.270. The lowest BCUT2D eigenvalue weighted by Crippen LogP contribution is -2.49. The molecule has 0 spiro atoms. The summed E-state index contributed by atoms with van der Waals surface area (Å²) in [5.41, 5.74) is 2.89. The zero-order chi connectivity index (χ0) is 23.7. The maximum absolute atomic E-state index is 13.0. The lowest BCUT2D eigenvalue weighted by Gasteiger charge is -2.37. The number of aryl methyl sites for hydroxylation is 1. The van der Waals surface area contributed by atoms with Crippen molar-refractivity contribution in [1.82, 2.24) is 34.8 Å². The van der Waals surface area contributed by atoms with Gasteiger partial charge in [0.2, 0.25) is 5.95 Å². The number of aromatic nitrogens is 6. The highest BCUT2D eigenvalue weighted by Crippen LogP contribution is 2.22. The van der Waals surface area contributed by atoms with Gasteiger partial charge in [0.05, 0.1) is 11.7 Å². The number of fused-ring (bicyclic) bond motifs is 1. The number of hydrogen-bond acceptors (Lipinski definition) is 8. The van der Waals surface area contributed by atoms with Crippen molar-refractivity contribution in [2.75, 3.05) is 36.4 Å². The molecule has 5 rings (SSSR count). The van der Waals surface area contributed by atoms with E-state index in [1.54, 1.807) is 23.1 Å². The molecule has 4 heterocycles. The van der Waals surface area contributed by atoms with E-state index >= 15 is 0 Å². The number of pyridine rings is 1. The number of benzene rings is 1. The van der Waals surface area contributed by atoms with E-state index in [0.717, 1.165) is 48.6 Å². The zero-order valence-electron chi connectivity index (χ0n) is 19.5. The molecule has 1 fully saturated rings. The molecule has 10 nitrogen and oxygen atoms in total. The Labute approximate surface area is 197 Å². The number of anilines is 2. The molecular formula is C24H27N9O. The first-order chi connectivity index (χ1) is 16.5. The number of piperazine rings is 1. The summed E-state index contributed by atoms with van der Waals surface area (Å²) in [6.07, 6.45) is 5.22. The molecule has 1 aliphatic heterocycles. The molecule has 1 aromatic carbocycles. The summed E-state index contributed by atoms with van der Waals surface area (Å²) < 4.78 is 1.65. The summed E-state index contributed by atoms with van der Waals surface area (Å²) in [4.78, 5) is 31.0. The normalized spacial score (nSPS) is 14.6. The van der Waals surface area contributed by atoms with Crippen LogP contribution in [0.3, 0.4) is 0 Å². The van der Waals surface area contributed by atoms with Gasteiger partial charge < -0.3 is 4.90 Å². The molecule has 0 atom stereocenters. The molecule has 0 aliphatic carbocycles. The van der Waals surface area contributed by atoms with E-state index in [1.807, 2.05) is 37.5 Å². The Morgan fingerprint density at radius 2 is 1.88 bits per heavy atom. The summed E-state index contributed by atoms with van der Waals surface area (Å²) in [5.74, 6) is 0.788. The molecule has 1 N–H and O–H groups in total. The minimum absolute atomic E-state index is 0.248. The third-order valence-electron chi connectivity index (χ3n) is 6.08. The van der Waals surface area contributed by atoms with Gasteiger partial charge in [-0.1, -0.05) is 17.3 Å². The number of nitrogens with one attached hydrogen (secondary N) is 1. The topological polar surface area (TPSA) is 105 Å². The first-order valence-electron chi connectivity index (χ1n) is 11.4. The first-order valence-corrected chi connectivity index (χ1v) is 11.4. The molecule has 3 aromatic heterocycles.